The summed E-state index contributed by atoms with van der Waals surface area (Å²) in [5, 5.41) is 15.3. The topological polar surface area (TPSA) is 98.2 Å². The van der Waals surface area contributed by atoms with Gasteiger partial charge in [-0.25, -0.2) is 0 Å². The number of nitrogens with zero attached hydrogens (tertiary/aromatic N) is 4. The van der Waals surface area contributed by atoms with Crippen LogP contribution in [0.4, 0.5) is 0 Å². The summed E-state index contributed by atoms with van der Waals surface area (Å²) in [6, 6.07) is 9.02. The Morgan fingerprint density at radius 1 is 1.15 bits per heavy atom. The van der Waals surface area contributed by atoms with E-state index in [9.17, 15) is 4.79 Å². The number of halogens is 1. The molecule has 0 bridgehead atoms. The minimum atomic E-state index is -0.523. The quantitative estimate of drug-likeness (QED) is 0.345. The largest absolute Gasteiger partial charge is 0.345 e. The van der Waals surface area contributed by atoms with Crippen molar-refractivity contribution in [1.82, 2.24) is 20.1 Å². The average molecular weight is 573 g/mol. The Labute approximate surface area is 240 Å². The summed E-state index contributed by atoms with van der Waals surface area (Å²) in [6.07, 6.45) is 0.113. The summed E-state index contributed by atoms with van der Waals surface area (Å²) in [4.78, 5) is 20.3. The van der Waals surface area contributed by atoms with Gasteiger partial charge in [-0.1, -0.05) is 47.4 Å². The number of aliphatic imine (C=N–C) groups is 1. The molecule has 0 fully saturated rings. The van der Waals surface area contributed by atoms with E-state index in [4.69, 9.17) is 22.3 Å². The van der Waals surface area contributed by atoms with E-state index in [2.05, 4.69) is 53.0 Å². The van der Waals surface area contributed by atoms with Crippen molar-refractivity contribution in [2.45, 2.75) is 33.2 Å². The van der Waals surface area contributed by atoms with E-state index < -0.39 is 6.04 Å². The number of carbonyl (C=O) groups excluding carboxylic acids is 1. The van der Waals surface area contributed by atoms with E-state index in [1.807, 2.05) is 47.2 Å². The first kappa shape index (κ1) is 26.9. The Morgan fingerprint density at radius 2 is 1.95 bits per heavy atom. The summed E-state index contributed by atoms with van der Waals surface area (Å²) >= 11 is 9.37. The van der Waals surface area contributed by atoms with Crippen LogP contribution in [-0.2, 0) is 4.79 Å². The number of nitrogens with two attached hydrogens (primary N) is 1. The lowest BCUT2D eigenvalue weighted by Crippen LogP contribution is -2.25. The average Bonchev–Trinajstić information content (AvgIpc) is 3.59. The van der Waals surface area contributed by atoms with E-state index in [0.717, 1.165) is 43.7 Å². The van der Waals surface area contributed by atoms with Gasteiger partial charge in [0.05, 0.1) is 30.1 Å². The van der Waals surface area contributed by atoms with Crippen LogP contribution in [0.2, 0.25) is 5.02 Å². The number of thiophene rings is 2. The predicted molar refractivity (Wildman–Crippen MR) is 158 cm³/mol. The SMILES string of the molecule is Cc1sc2c(c1C)C(c1ccc(Cl)cc1)=N[C@@H](CC(=O)NCC#Cc1cc(C#CCN)cs1)c1nnc(C)n1-2. The molecular formula is C29H25ClN6OS2. The molecule has 0 saturated carbocycles. The van der Waals surface area contributed by atoms with Crippen LogP contribution in [0.1, 0.15) is 56.1 Å². The number of hydrogen-bond donors (Lipinski definition) is 2. The third-order valence-electron chi connectivity index (χ3n) is 6.26. The molecule has 1 aliphatic heterocycles. The van der Waals surface area contributed by atoms with Crippen molar-refractivity contribution >= 4 is 45.9 Å². The lowest BCUT2D eigenvalue weighted by Gasteiger charge is -2.12. The van der Waals surface area contributed by atoms with Gasteiger partial charge in [-0.05, 0) is 44.5 Å². The summed E-state index contributed by atoms with van der Waals surface area (Å²) in [5.74, 6) is 13.1. The lowest BCUT2D eigenvalue weighted by atomic mass is 9.99. The molecule has 1 atom stereocenters. The number of amides is 1. The van der Waals surface area contributed by atoms with Gasteiger partial charge in [0, 0.05) is 32.0 Å². The molecule has 0 spiro atoms. The van der Waals surface area contributed by atoms with Gasteiger partial charge in [0.15, 0.2) is 5.82 Å². The highest BCUT2D eigenvalue weighted by Gasteiger charge is 2.32. The van der Waals surface area contributed by atoms with Crippen molar-refractivity contribution in [1.29, 1.82) is 0 Å². The van der Waals surface area contributed by atoms with E-state index in [1.54, 1.807) is 11.3 Å². The van der Waals surface area contributed by atoms with Gasteiger partial charge >= 0.3 is 0 Å². The molecule has 4 aromatic rings. The Morgan fingerprint density at radius 3 is 2.72 bits per heavy atom. The highest BCUT2D eigenvalue weighted by atomic mass is 35.5. The van der Waals surface area contributed by atoms with Crippen LogP contribution in [0.3, 0.4) is 0 Å². The molecule has 0 radical (unpaired) electrons. The van der Waals surface area contributed by atoms with E-state index >= 15 is 0 Å². The molecule has 1 amide bonds. The monoisotopic (exact) mass is 572 g/mol. The maximum Gasteiger partial charge on any atom is 0.223 e. The molecule has 3 aromatic heterocycles. The minimum Gasteiger partial charge on any atom is -0.345 e. The van der Waals surface area contributed by atoms with Crippen LogP contribution in [-0.4, -0.2) is 39.5 Å². The molecule has 5 rings (SSSR count). The fraction of sp³-hybridized carbons (Fsp3) is 0.241. The lowest BCUT2D eigenvalue weighted by molar-refractivity contribution is -0.121. The molecule has 1 aromatic carbocycles. The standard InChI is InChI=1S/C29H25ClN6OS2/c1-17-18(2)39-29-26(17)27(21-8-10-22(30)11-9-21)33-24(28-35-34-19(3)36(28)29)15-25(37)32-13-5-7-23-14-20(16-38-23)6-4-12-31/h8-11,14,16,24H,12-13,15,31H2,1-3H3,(H,32,37)/t24-/m0/s1. The second-order valence-electron chi connectivity index (χ2n) is 8.89. The number of fused-ring (bicyclic) bond motifs is 3. The van der Waals surface area contributed by atoms with Gasteiger partial charge in [-0.3, -0.25) is 14.4 Å². The molecule has 10 heteroatoms. The van der Waals surface area contributed by atoms with Crippen LogP contribution < -0.4 is 11.1 Å². The van der Waals surface area contributed by atoms with Crippen molar-refractivity contribution < 1.29 is 4.79 Å². The maximum absolute atomic E-state index is 13.0. The Bertz CT molecular complexity index is 1710. The molecule has 0 unspecified atom stereocenters. The number of hydrogen-bond acceptors (Lipinski definition) is 7. The molecule has 7 nitrogen and oxygen atoms in total. The highest BCUT2D eigenvalue weighted by molar-refractivity contribution is 7.15. The van der Waals surface area contributed by atoms with Crippen molar-refractivity contribution in [3.05, 3.63) is 84.4 Å². The number of nitrogens with one attached hydrogen (secondary N) is 1. The Balaban J connectivity index is 1.41. The molecule has 196 valence electrons. The van der Waals surface area contributed by atoms with Gasteiger partial charge in [0.2, 0.25) is 5.91 Å². The Hall–Kier alpha value is -3.73. The molecular weight excluding hydrogens is 548 g/mol. The first-order chi connectivity index (χ1) is 18.9. The Kier molecular flexibility index (Phi) is 7.97. The molecule has 3 N–H and O–H groups in total. The second-order valence-corrected chi connectivity index (χ2v) is 11.4. The number of benzene rings is 1. The van der Waals surface area contributed by atoms with Crippen LogP contribution in [0.5, 0.6) is 0 Å². The zero-order valence-electron chi connectivity index (χ0n) is 21.6. The van der Waals surface area contributed by atoms with Crippen molar-refractivity contribution in [2.75, 3.05) is 13.1 Å². The van der Waals surface area contributed by atoms with Gasteiger partial charge < -0.3 is 11.1 Å². The maximum atomic E-state index is 13.0. The third kappa shape index (κ3) is 5.68. The molecule has 0 saturated heterocycles. The van der Waals surface area contributed by atoms with Gasteiger partial charge in [-0.2, -0.15) is 0 Å². The molecule has 1 aliphatic rings. The molecule has 39 heavy (non-hydrogen) atoms. The van der Waals surface area contributed by atoms with Gasteiger partial charge in [0.25, 0.3) is 0 Å². The third-order valence-corrected chi connectivity index (χ3v) is 8.55. The van der Waals surface area contributed by atoms with Crippen molar-refractivity contribution in [3.8, 4) is 28.7 Å². The summed E-state index contributed by atoms with van der Waals surface area (Å²) < 4.78 is 2.03. The molecule has 0 aliphatic carbocycles. The van der Waals surface area contributed by atoms with E-state index in [-0.39, 0.29) is 18.9 Å². The zero-order chi connectivity index (χ0) is 27.5. The summed E-state index contributed by atoms with van der Waals surface area (Å²) in [7, 11) is 0. The fourth-order valence-electron chi connectivity index (χ4n) is 4.27. The summed E-state index contributed by atoms with van der Waals surface area (Å²) in [5.41, 5.74) is 10.2. The van der Waals surface area contributed by atoms with Crippen LogP contribution in [0.25, 0.3) is 5.00 Å². The fourth-order valence-corrected chi connectivity index (χ4v) is 6.32. The number of aromatic nitrogens is 3. The van der Waals surface area contributed by atoms with Gasteiger partial charge in [0.1, 0.15) is 16.9 Å². The van der Waals surface area contributed by atoms with Crippen LogP contribution in [0.15, 0.2) is 40.7 Å². The summed E-state index contributed by atoms with van der Waals surface area (Å²) in [6.45, 7) is 6.66. The van der Waals surface area contributed by atoms with Crippen molar-refractivity contribution in [3.63, 3.8) is 0 Å². The smallest absolute Gasteiger partial charge is 0.223 e. The number of rotatable bonds is 4. The number of carbonyl (C=O) groups is 1. The highest BCUT2D eigenvalue weighted by Crippen LogP contribution is 2.39. The van der Waals surface area contributed by atoms with Crippen LogP contribution in [0, 0.1) is 44.5 Å². The second kappa shape index (κ2) is 11.6. The van der Waals surface area contributed by atoms with E-state index in [1.165, 1.54) is 16.2 Å². The zero-order valence-corrected chi connectivity index (χ0v) is 24.0. The van der Waals surface area contributed by atoms with Crippen molar-refractivity contribution in [2.24, 2.45) is 10.7 Å². The van der Waals surface area contributed by atoms with E-state index in [0.29, 0.717) is 17.4 Å². The first-order valence-electron chi connectivity index (χ1n) is 12.2. The predicted octanol–water partition coefficient (Wildman–Crippen LogP) is 4.73. The normalized spacial score (nSPS) is 13.7. The van der Waals surface area contributed by atoms with Crippen LogP contribution >= 0.6 is 34.3 Å². The number of aryl methyl sites for hydroxylation is 2. The molecule has 4 heterocycles. The first-order valence-corrected chi connectivity index (χ1v) is 14.3. The minimum absolute atomic E-state index is 0.113. The van der Waals surface area contributed by atoms with Gasteiger partial charge in [-0.15, -0.1) is 32.9 Å².